The van der Waals surface area contributed by atoms with Gasteiger partial charge in [-0.3, -0.25) is 9.69 Å². The third kappa shape index (κ3) is 3.73. The summed E-state index contributed by atoms with van der Waals surface area (Å²) in [6.07, 6.45) is 0.582. The third-order valence-corrected chi connectivity index (χ3v) is 3.01. The second-order valence-electron chi connectivity index (χ2n) is 5.42. The lowest BCUT2D eigenvalue weighted by molar-refractivity contribution is -0.123. The summed E-state index contributed by atoms with van der Waals surface area (Å²) in [5, 5.41) is 0. The number of hydrogen-bond acceptors (Lipinski definition) is 4. The molecule has 0 aromatic rings. The van der Waals surface area contributed by atoms with E-state index in [9.17, 15) is 4.79 Å². The number of hydrogen-bond donors (Lipinski definition) is 2. The van der Waals surface area contributed by atoms with Gasteiger partial charge in [0.1, 0.15) is 0 Å². The average Bonchev–Trinajstić information content (AvgIpc) is 2.13. The normalized spacial score (nSPS) is 25.0. The Labute approximate surface area is 97.1 Å². The number of rotatable bonds is 4. The van der Waals surface area contributed by atoms with Gasteiger partial charge >= 0.3 is 0 Å². The average molecular weight is 229 g/mol. The van der Waals surface area contributed by atoms with Crippen LogP contribution in [-0.4, -0.2) is 48.2 Å². The lowest BCUT2D eigenvalue weighted by atomic mass is 9.97. The Kier molecular flexibility index (Phi) is 3.93. The van der Waals surface area contributed by atoms with E-state index in [2.05, 4.69) is 18.7 Å². The van der Waals surface area contributed by atoms with Crippen LogP contribution in [0.3, 0.4) is 0 Å². The minimum Gasteiger partial charge on any atom is -0.373 e. The quantitative estimate of drug-likeness (QED) is 0.693. The Morgan fingerprint density at radius 1 is 1.56 bits per heavy atom. The van der Waals surface area contributed by atoms with Gasteiger partial charge in [-0.15, -0.1) is 0 Å². The number of carbonyl (C=O) groups excluding carboxylic acids is 1. The molecule has 5 heteroatoms. The van der Waals surface area contributed by atoms with Gasteiger partial charge in [-0.1, -0.05) is 0 Å². The van der Waals surface area contributed by atoms with E-state index in [0.717, 1.165) is 26.2 Å². The topological polar surface area (TPSA) is 81.6 Å². The van der Waals surface area contributed by atoms with Crippen LogP contribution in [0, 0.1) is 0 Å². The molecular formula is C11H23N3O2. The van der Waals surface area contributed by atoms with Crippen molar-refractivity contribution >= 4 is 5.91 Å². The molecule has 1 aliphatic heterocycles. The van der Waals surface area contributed by atoms with Crippen LogP contribution in [0.4, 0.5) is 0 Å². The van der Waals surface area contributed by atoms with E-state index in [0.29, 0.717) is 6.42 Å². The molecule has 0 saturated carbocycles. The highest BCUT2D eigenvalue weighted by Crippen LogP contribution is 2.17. The van der Waals surface area contributed by atoms with Gasteiger partial charge in [0.05, 0.1) is 17.7 Å². The van der Waals surface area contributed by atoms with Crippen molar-refractivity contribution in [2.75, 3.05) is 26.2 Å². The molecular weight excluding hydrogens is 206 g/mol. The molecule has 0 aliphatic carbocycles. The summed E-state index contributed by atoms with van der Waals surface area (Å²) in [7, 11) is 0. The molecule has 16 heavy (non-hydrogen) atoms. The van der Waals surface area contributed by atoms with E-state index < -0.39 is 11.4 Å². The Morgan fingerprint density at radius 2 is 2.19 bits per heavy atom. The molecule has 4 N–H and O–H groups in total. The van der Waals surface area contributed by atoms with E-state index >= 15 is 0 Å². The zero-order valence-corrected chi connectivity index (χ0v) is 10.5. The molecule has 0 aromatic carbocycles. The van der Waals surface area contributed by atoms with Crippen LogP contribution in [0.15, 0.2) is 0 Å². The molecule has 0 radical (unpaired) electrons. The van der Waals surface area contributed by atoms with Crippen molar-refractivity contribution in [2.24, 2.45) is 11.5 Å². The number of amides is 1. The zero-order chi connectivity index (χ0) is 12.4. The fourth-order valence-corrected chi connectivity index (χ4v) is 1.82. The first-order chi connectivity index (χ1) is 7.23. The molecule has 1 heterocycles. The smallest absolute Gasteiger partial charge is 0.237 e. The predicted molar refractivity (Wildman–Crippen MR) is 62.9 cm³/mol. The summed E-state index contributed by atoms with van der Waals surface area (Å²) < 4.78 is 5.61. The number of nitrogens with zero attached hydrogens (tertiary/aromatic N) is 1. The van der Waals surface area contributed by atoms with Crippen molar-refractivity contribution in [3.8, 4) is 0 Å². The van der Waals surface area contributed by atoms with Gasteiger partial charge in [0.25, 0.3) is 0 Å². The van der Waals surface area contributed by atoms with Gasteiger partial charge in [0.2, 0.25) is 5.91 Å². The fourth-order valence-electron chi connectivity index (χ4n) is 1.82. The lowest BCUT2D eigenvalue weighted by Crippen LogP contribution is -2.54. The zero-order valence-electron chi connectivity index (χ0n) is 10.5. The van der Waals surface area contributed by atoms with Crippen molar-refractivity contribution < 1.29 is 9.53 Å². The summed E-state index contributed by atoms with van der Waals surface area (Å²) >= 11 is 0. The van der Waals surface area contributed by atoms with Crippen LogP contribution in [0.5, 0.6) is 0 Å². The van der Waals surface area contributed by atoms with Gasteiger partial charge in [-0.25, -0.2) is 0 Å². The summed E-state index contributed by atoms with van der Waals surface area (Å²) in [5.41, 5.74) is 10.0. The van der Waals surface area contributed by atoms with Crippen LogP contribution < -0.4 is 11.5 Å². The van der Waals surface area contributed by atoms with Crippen LogP contribution in [0.2, 0.25) is 0 Å². The molecule has 1 rings (SSSR count). The van der Waals surface area contributed by atoms with Crippen molar-refractivity contribution in [2.45, 2.75) is 38.3 Å². The first-order valence-electron chi connectivity index (χ1n) is 5.68. The van der Waals surface area contributed by atoms with Gasteiger partial charge in [-0.2, -0.15) is 0 Å². The highest BCUT2D eigenvalue weighted by molar-refractivity contribution is 5.83. The number of nitrogens with two attached hydrogens (primary N) is 2. The molecule has 1 saturated heterocycles. The minimum atomic E-state index is -0.914. The Balaban J connectivity index is 2.41. The molecule has 1 fully saturated rings. The molecule has 1 unspecified atom stereocenters. The van der Waals surface area contributed by atoms with E-state index in [-0.39, 0.29) is 5.60 Å². The monoisotopic (exact) mass is 229 g/mol. The van der Waals surface area contributed by atoms with E-state index in [1.807, 2.05) is 0 Å². The highest BCUT2D eigenvalue weighted by Gasteiger charge is 2.30. The van der Waals surface area contributed by atoms with E-state index in [4.69, 9.17) is 16.2 Å². The van der Waals surface area contributed by atoms with Crippen LogP contribution in [-0.2, 0) is 9.53 Å². The first-order valence-corrected chi connectivity index (χ1v) is 5.68. The number of ether oxygens (including phenoxy) is 1. The van der Waals surface area contributed by atoms with E-state index in [1.54, 1.807) is 6.92 Å². The second kappa shape index (κ2) is 4.69. The number of carbonyl (C=O) groups is 1. The maximum absolute atomic E-state index is 11.1. The molecule has 94 valence electrons. The predicted octanol–water partition coefficient (Wildman–Crippen LogP) is -0.310. The molecule has 1 atom stereocenters. The lowest BCUT2D eigenvalue weighted by Gasteiger charge is -2.39. The Bertz CT molecular complexity index is 264. The van der Waals surface area contributed by atoms with Crippen LogP contribution in [0.25, 0.3) is 0 Å². The van der Waals surface area contributed by atoms with Crippen LogP contribution in [0.1, 0.15) is 27.2 Å². The highest BCUT2D eigenvalue weighted by atomic mass is 16.5. The van der Waals surface area contributed by atoms with Gasteiger partial charge in [-0.05, 0) is 27.2 Å². The summed E-state index contributed by atoms with van der Waals surface area (Å²) in [6.45, 7) is 9.07. The maximum Gasteiger partial charge on any atom is 0.237 e. The largest absolute Gasteiger partial charge is 0.373 e. The molecule has 0 bridgehead atoms. The van der Waals surface area contributed by atoms with Crippen LogP contribution >= 0.6 is 0 Å². The minimum absolute atomic E-state index is 0.115. The van der Waals surface area contributed by atoms with Crippen molar-refractivity contribution in [1.82, 2.24) is 4.90 Å². The molecule has 1 amide bonds. The number of primary amides is 1. The number of morpholine rings is 1. The van der Waals surface area contributed by atoms with Crippen molar-refractivity contribution in [1.29, 1.82) is 0 Å². The maximum atomic E-state index is 11.1. The fraction of sp³-hybridized carbons (Fsp3) is 0.909. The summed E-state index contributed by atoms with van der Waals surface area (Å²) in [6, 6.07) is 0. The first kappa shape index (κ1) is 13.4. The summed E-state index contributed by atoms with van der Waals surface area (Å²) in [4.78, 5) is 13.3. The molecule has 5 nitrogen and oxygen atoms in total. The van der Waals surface area contributed by atoms with Gasteiger partial charge in [0.15, 0.2) is 0 Å². The SMILES string of the molecule is CC1(C)CN(CCC(C)(N)C(N)=O)CCO1. The molecule has 1 aliphatic rings. The molecule has 0 spiro atoms. The van der Waals surface area contributed by atoms with Crippen molar-refractivity contribution in [3.05, 3.63) is 0 Å². The Morgan fingerprint density at radius 3 is 2.69 bits per heavy atom. The van der Waals surface area contributed by atoms with Crippen molar-refractivity contribution in [3.63, 3.8) is 0 Å². The van der Waals surface area contributed by atoms with Gasteiger partial charge in [0, 0.05) is 19.6 Å². The summed E-state index contributed by atoms with van der Waals surface area (Å²) in [5.74, 6) is -0.444. The third-order valence-electron chi connectivity index (χ3n) is 3.01. The Hall–Kier alpha value is -0.650. The second-order valence-corrected chi connectivity index (χ2v) is 5.42. The van der Waals surface area contributed by atoms with E-state index in [1.165, 1.54) is 0 Å². The van der Waals surface area contributed by atoms with Gasteiger partial charge < -0.3 is 16.2 Å². The standard InChI is InChI=1S/C11H23N3O2/c1-10(2)8-14(6-7-16-10)5-4-11(3,13)9(12)15/h4-8,13H2,1-3H3,(H2,12,15). The molecule has 0 aromatic heterocycles.